The average Bonchev–Trinajstić information content (AvgIpc) is 2.68. The summed E-state index contributed by atoms with van der Waals surface area (Å²) >= 11 is 0. The van der Waals surface area contributed by atoms with Gasteiger partial charge in [0, 0.05) is 12.8 Å². The van der Waals surface area contributed by atoms with Gasteiger partial charge in [0.1, 0.15) is 5.78 Å². The molecule has 0 spiro atoms. The van der Waals surface area contributed by atoms with Crippen LogP contribution in [0.3, 0.4) is 0 Å². The normalized spacial score (nSPS) is 21.6. The Morgan fingerprint density at radius 3 is 2.62 bits per heavy atom. The van der Waals surface area contributed by atoms with E-state index in [-0.39, 0.29) is 0 Å². The Balaban J connectivity index is 2.00. The Hall–Kier alpha value is -0.850. The maximum atomic E-state index is 11.1. The number of ketones is 1. The van der Waals surface area contributed by atoms with E-state index in [1.807, 2.05) is 0 Å². The minimum Gasteiger partial charge on any atom is -0.300 e. The van der Waals surface area contributed by atoms with E-state index < -0.39 is 0 Å². The van der Waals surface area contributed by atoms with Crippen molar-refractivity contribution in [3.8, 4) is 0 Å². The lowest BCUT2D eigenvalue weighted by atomic mass is 10.0. The number of allylic oxidation sites excluding steroid dienone is 4. The highest BCUT2D eigenvalue weighted by Crippen LogP contribution is 2.26. The van der Waals surface area contributed by atoms with E-state index in [1.165, 1.54) is 25.7 Å². The van der Waals surface area contributed by atoms with Crippen molar-refractivity contribution in [3.63, 3.8) is 0 Å². The monoisotopic (exact) mass is 220 g/mol. The molecule has 0 aromatic carbocycles. The Kier molecular flexibility index (Phi) is 6.87. The molecule has 0 heterocycles. The van der Waals surface area contributed by atoms with E-state index in [0.29, 0.717) is 11.7 Å². The van der Waals surface area contributed by atoms with Gasteiger partial charge in [0.2, 0.25) is 0 Å². The van der Waals surface area contributed by atoms with Gasteiger partial charge in [0.15, 0.2) is 0 Å². The molecule has 1 fully saturated rings. The van der Waals surface area contributed by atoms with Gasteiger partial charge in [0.25, 0.3) is 0 Å². The predicted molar refractivity (Wildman–Crippen MR) is 69.4 cm³/mol. The Morgan fingerprint density at radius 1 is 1.25 bits per heavy atom. The number of rotatable bonds is 7. The largest absolute Gasteiger partial charge is 0.300 e. The highest BCUT2D eigenvalue weighted by molar-refractivity contribution is 5.80. The molecule has 1 aliphatic carbocycles. The summed E-state index contributed by atoms with van der Waals surface area (Å²) in [6.45, 7) is 2.21. The van der Waals surface area contributed by atoms with Crippen molar-refractivity contribution in [1.29, 1.82) is 0 Å². The van der Waals surface area contributed by atoms with E-state index in [9.17, 15) is 4.79 Å². The number of hydrogen-bond acceptors (Lipinski definition) is 1. The zero-order valence-electron chi connectivity index (χ0n) is 10.5. The molecule has 0 aliphatic heterocycles. The molecule has 0 N–H and O–H groups in total. The van der Waals surface area contributed by atoms with Gasteiger partial charge in [-0.15, -0.1) is 0 Å². The van der Waals surface area contributed by atoms with Crippen LogP contribution in [0.4, 0.5) is 0 Å². The zero-order valence-corrected chi connectivity index (χ0v) is 10.5. The molecule has 1 nitrogen and oxygen atoms in total. The van der Waals surface area contributed by atoms with Gasteiger partial charge in [-0.05, 0) is 31.6 Å². The SMILES string of the molecule is CCCC/C=C/C=C/CCC1CCC(=O)C1. The molecule has 16 heavy (non-hydrogen) atoms. The molecular formula is C15H24O. The van der Waals surface area contributed by atoms with E-state index >= 15 is 0 Å². The first kappa shape index (κ1) is 13.2. The highest BCUT2D eigenvalue weighted by atomic mass is 16.1. The first-order valence-electron chi connectivity index (χ1n) is 6.66. The van der Waals surface area contributed by atoms with E-state index in [1.54, 1.807) is 0 Å². The lowest BCUT2D eigenvalue weighted by Crippen LogP contribution is -1.93. The Bertz CT molecular complexity index is 250. The first-order chi connectivity index (χ1) is 7.83. The van der Waals surface area contributed by atoms with Crippen LogP contribution in [0.1, 0.15) is 58.3 Å². The summed E-state index contributed by atoms with van der Waals surface area (Å²) in [6, 6.07) is 0. The van der Waals surface area contributed by atoms with Crippen LogP contribution in [0.25, 0.3) is 0 Å². The number of hydrogen-bond donors (Lipinski definition) is 0. The highest BCUT2D eigenvalue weighted by Gasteiger charge is 2.20. The zero-order chi connectivity index (χ0) is 11.6. The van der Waals surface area contributed by atoms with Crippen LogP contribution < -0.4 is 0 Å². The van der Waals surface area contributed by atoms with Crippen molar-refractivity contribution in [3.05, 3.63) is 24.3 Å². The first-order valence-corrected chi connectivity index (χ1v) is 6.66. The summed E-state index contributed by atoms with van der Waals surface area (Å²) < 4.78 is 0. The molecule has 1 atom stereocenters. The van der Waals surface area contributed by atoms with Crippen molar-refractivity contribution in [2.75, 3.05) is 0 Å². The molecule has 1 saturated carbocycles. The third-order valence-corrected chi connectivity index (χ3v) is 3.20. The van der Waals surface area contributed by atoms with Crippen molar-refractivity contribution >= 4 is 5.78 Å². The average molecular weight is 220 g/mol. The molecule has 0 saturated heterocycles. The molecule has 0 aromatic heterocycles. The molecule has 1 aliphatic rings. The summed E-state index contributed by atoms with van der Waals surface area (Å²) in [7, 11) is 0. The third kappa shape index (κ3) is 5.89. The fourth-order valence-electron chi connectivity index (χ4n) is 2.14. The van der Waals surface area contributed by atoms with Crippen molar-refractivity contribution < 1.29 is 4.79 Å². The van der Waals surface area contributed by atoms with Crippen molar-refractivity contribution in [2.45, 2.75) is 58.3 Å². The van der Waals surface area contributed by atoms with Crippen LogP contribution >= 0.6 is 0 Å². The van der Waals surface area contributed by atoms with Gasteiger partial charge < -0.3 is 0 Å². The maximum Gasteiger partial charge on any atom is 0.133 e. The fraction of sp³-hybridized carbons (Fsp3) is 0.667. The maximum absolute atomic E-state index is 11.1. The van der Waals surface area contributed by atoms with Gasteiger partial charge in [-0.2, -0.15) is 0 Å². The van der Waals surface area contributed by atoms with Crippen LogP contribution in [0.5, 0.6) is 0 Å². The van der Waals surface area contributed by atoms with Crippen LogP contribution in [-0.4, -0.2) is 5.78 Å². The van der Waals surface area contributed by atoms with Crippen LogP contribution in [0.2, 0.25) is 0 Å². The summed E-state index contributed by atoms with van der Waals surface area (Å²) in [5.74, 6) is 1.13. The minimum absolute atomic E-state index is 0.466. The summed E-state index contributed by atoms with van der Waals surface area (Å²) in [5.41, 5.74) is 0. The third-order valence-electron chi connectivity index (χ3n) is 3.20. The molecule has 90 valence electrons. The number of unbranched alkanes of at least 4 members (excludes halogenated alkanes) is 2. The second-order valence-corrected chi connectivity index (χ2v) is 4.72. The number of carbonyl (C=O) groups excluding carboxylic acids is 1. The van der Waals surface area contributed by atoms with Gasteiger partial charge >= 0.3 is 0 Å². The second kappa shape index (κ2) is 8.32. The predicted octanol–water partition coefficient (Wildman–Crippen LogP) is 4.44. The van der Waals surface area contributed by atoms with Crippen molar-refractivity contribution in [1.82, 2.24) is 0 Å². The van der Waals surface area contributed by atoms with E-state index in [2.05, 4.69) is 31.2 Å². The van der Waals surface area contributed by atoms with E-state index in [0.717, 1.165) is 25.7 Å². The van der Waals surface area contributed by atoms with Gasteiger partial charge in [-0.1, -0.05) is 44.1 Å². The molecule has 0 radical (unpaired) electrons. The number of carbonyl (C=O) groups is 1. The standard InChI is InChI=1S/C15H24O/c1-2-3-4-5-6-7-8-9-10-14-11-12-15(16)13-14/h5-8,14H,2-4,9-13H2,1H3/b6-5+,8-7+. The van der Waals surface area contributed by atoms with Gasteiger partial charge in [-0.25, -0.2) is 0 Å². The lowest BCUT2D eigenvalue weighted by molar-refractivity contribution is -0.117. The molecule has 1 rings (SSSR count). The van der Waals surface area contributed by atoms with Gasteiger partial charge in [-0.3, -0.25) is 4.79 Å². The van der Waals surface area contributed by atoms with Crippen molar-refractivity contribution in [2.24, 2.45) is 5.92 Å². The second-order valence-electron chi connectivity index (χ2n) is 4.72. The smallest absolute Gasteiger partial charge is 0.133 e. The Labute approximate surface area is 99.6 Å². The molecule has 1 heteroatoms. The summed E-state index contributed by atoms with van der Waals surface area (Å²) in [6.07, 6.45) is 17.6. The van der Waals surface area contributed by atoms with Crippen LogP contribution in [-0.2, 0) is 4.79 Å². The molecule has 0 bridgehead atoms. The molecule has 1 unspecified atom stereocenters. The molecule has 0 aromatic rings. The topological polar surface area (TPSA) is 17.1 Å². The Morgan fingerprint density at radius 2 is 2.00 bits per heavy atom. The summed E-state index contributed by atoms with van der Waals surface area (Å²) in [5, 5.41) is 0. The quantitative estimate of drug-likeness (QED) is 0.458. The number of Topliss-reactive ketones (excluding diaryl/α,β-unsaturated/α-hetero) is 1. The van der Waals surface area contributed by atoms with E-state index in [4.69, 9.17) is 0 Å². The van der Waals surface area contributed by atoms with Crippen LogP contribution in [0.15, 0.2) is 24.3 Å². The fourth-order valence-corrected chi connectivity index (χ4v) is 2.14. The lowest BCUT2D eigenvalue weighted by Gasteiger charge is -2.03. The molecular weight excluding hydrogens is 196 g/mol. The van der Waals surface area contributed by atoms with Crippen LogP contribution in [0, 0.1) is 5.92 Å². The molecule has 0 amide bonds. The minimum atomic E-state index is 0.466. The summed E-state index contributed by atoms with van der Waals surface area (Å²) in [4.78, 5) is 11.1. The van der Waals surface area contributed by atoms with Gasteiger partial charge in [0.05, 0.1) is 0 Å².